The Morgan fingerprint density at radius 1 is 1.18 bits per heavy atom. The number of rotatable bonds is 3. The molecule has 4 heteroatoms. The van der Waals surface area contributed by atoms with E-state index in [0.717, 1.165) is 18.4 Å². The van der Waals surface area contributed by atoms with Crippen LogP contribution in [0, 0.1) is 5.41 Å². The number of benzene rings is 1. The Bertz CT molecular complexity index is 367. The van der Waals surface area contributed by atoms with Crippen LogP contribution in [-0.4, -0.2) is 24.9 Å². The van der Waals surface area contributed by atoms with E-state index in [-0.39, 0.29) is 12.0 Å². The van der Waals surface area contributed by atoms with Gasteiger partial charge in [0.1, 0.15) is 0 Å². The van der Waals surface area contributed by atoms with Crippen molar-refractivity contribution in [2.24, 2.45) is 5.41 Å². The first-order valence-corrected chi connectivity index (χ1v) is 6.54. The average molecular weight is 275 g/mol. The summed E-state index contributed by atoms with van der Waals surface area (Å²) < 4.78 is 5.35. The maximum absolute atomic E-state index is 9.64. The van der Waals surface area contributed by atoms with Crippen molar-refractivity contribution in [1.29, 1.82) is 0 Å². The first-order valence-electron chi connectivity index (χ1n) is 5.78. The molecule has 94 valence electrons. The zero-order chi connectivity index (χ0) is 12.3. The van der Waals surface area contributed by atoms with Crippen molar-refractivity contribution in [3.05, 3.63) is 33.8 Å². The molecule has 0 radical (unpaired) electrons. The van der Waals surface area contributed by atoms with E-state index < -0.39 is 0 Å². The molecule has 0 unspecified atom stereocenters. The lowest BCUT2D eigenvalue weighted by atomic mass is 9.76. The molecule has 0 aliphatic carbocycles. The molecule has 1 heterocycles. The predicted molar refractivity (Wildman–Crippen MR) is 69.7 cm³/mol. The summed E-state index contributed by atoms with van der Waals surface area (Å²) in [6.45, 7) is 1.54. The zero-order valence-corrected chi connectivity index (χ0v) is 11.1. The maximum Gasteiger partial charge on any atom is 0.0492 e. The van der Waals surface area contributed by atoms with Crippen molar-refractivity contribution in [3.8, 4) is 0 Å². The predicted octanol–water partition coefficient (Wildman–Crippen LogP) is 3.33. The molecule has 1 N–H and O–H groups in total. The molecule has 0 spiro atoms. The fraction of sp³-hybridized carbons (Fsp3) is 0.538. The van der Waals surface area contributed by atoms with Gasteiger partial charge in [-0.05, 0) is 37.0 Å². The van der Waals surface area contributed by atoms with Crippen LogP contribution in [0.3, 0.4) is 0 Å². The van der Waals surface area contributed by atoms with Crippen LogP contribution < -0.4 is 0 Å². The highest BCUT2D eigenvalue weighted by molar-refractivity contribution is 6.36. The van der Waals surface area contributed by atoms with Gasteiger partial charge in [0, 0.05) is 35.3 Å². The van der Waals surface area contributed by atoms with Gasteiger partial charge in [-0.3, -0.25) is 0 Å². The minimum atomic E-state index is -0.132. The number of hydrogen-bond donors (Lipinski definition) is 1. The van der Waals surface area contributed by atoms with Crippen LogP contribution in [0.1, 0.15) is 18.4 Å². The van der Waals surface area contributed by atoms with Crippen molar-refractivity contribution >= 4 is 23.2 Å². The summed E-state index contributed by atoms with van der Waals surface area (Å²) in [6, 6.07) is 5.52. The minimum absolute atomic E-state index is 0.132. The van der Waals surface area contributed by atoms with Gasteiger partial charge < -0.3 is 9.84 Å². The van der Waals surface area contributed by atoms with Gasteiger partial charge in [0.05, 0.1) is 0 Å². The van der Waals surface area contributed by atoms with Crippen molar-refractivity contribution in [1.82, 2.24) is 0 Å². The average Bonchev–Trinajstić information content (AvgIpc) is 2.35. The van der Waals surface area contributed by atoms with Gasteiger partial charge in [-0.2, -0.15) is 0 Å². The first kappa shape index (κ1) is 13.2. The normalized spacial score (nSPS) is 19.2. The second kappa shape index (κ2) is 5.57. The third-order valence-electron chi connectivity index (χ3n) is 3.50. The Kier molecular flexibility index (Phi) is 4.31. The lowest BCUT2D eigenvalue weighted by Crippen LogP contribution is -2.35. The highest BCUT2D eigenvalue weighted by Crippen LogP contribution is 2.38. The highest BCUT2D eigenvalue weighted by Gasteiger charge is 2.33. The zero-order valence-electron chi connectivity index (χ0n) is 9.59. The lowest BCUT2D eigenvalue weighted by Gasteiger charge is -2.36. The number of aliphatic hydroxyl groups is 1. The molecule has 0 saturated carbocycles. The number of ether oxygens (including phenoxy) is 1. The van der Waals surface area contributed by atoms with E-state index in [2.05, 4.69) is 0 Å². The van der Waals surface area contributed by atoms with E-state index >= 15 is 0 Å². The van der Waals surface area contributed by atoms with Crippen LogP contribution in [0.25, 0.3) is 0 Å². The quantitative estimate of drug-likeness (QED) is 0.916. The third kappa shape index (κ3) is 2.94. The van der Waals surface area contributed by atoms with Crippen molar-refractivity contribution in [2.45, 2.75) is 19.3 Å². The fourth-order valence-electron chi connectivity index (χ4n) is 2.27. The number of halogens is 2. The molecule has 2 rings (SSSR count). The summed E-state index contributed by atoms with van der Waals surface area (Å²) in [5, 5.41) is 11.0. The molecule has 0 amide bonds. The fourth-order valence-corrected chi connectivity index (χ4v) is 2.80. The Morgan fingerprint density at radius 2 is 1.76 bits per heavy atom. The molecule has 0 atom stereocenters. The smallest absolute Gasteiger partial charge is 0.0492 e. The highest BCUT2D eigenvalue weighted by atomic mass is 35.5. The van der Waals surface area contributed by atoms with E-state index in [0.29, 0.717) is 29.7 Å². The number of hydrogen-bond acceptors (Lipinski definition) is 2. The SMILES string of the molecule is OCC1(Cc2c(Cl)cccc2Cl)CCOCC1. The van der Waals surface area contributed by atoms with Crippen LogP contribution in [0.2, 0.25) is 10.0 Å². The van der Waals surface area contributed by atoms with E-state index in [1.54, 1.807) is 0 Å². The van der Waals surface area contributed by atoms with E-state index in [1.807, 2.05) is 18.2 Å². The van der Waals surface area contributed by atoms with Crippen molar-refractivity contribution in [3.63, 3.8) is 0 Å². The molecule has 1 aromatic rings. The molecule has 1 aromatic carbocycles. The van der Waals surface area contributed by atoms with Gasteiger partial charge in [-0.1, -0.05) is 29.3 Å². The Hall–Kier alpha value is -0.280. The molecule has 0 aromatic heterocycles. The summed E-state index contributed by atoms with van der Waals surface area (Å²) in [7, 11) is 0. The molecule has 1 aliphatic rings. The van der Waals surface area contributed by atoms with Gasteiger partial charge in [0.15, 0.2) is 0 Å². The lowest BCUT2D eigenvalue weighted by molar-refractivity contribution is -0.0157. The second-order valence-electron chi connectivity index (χ2n) is 4.65. The number of aliphatic hydroxyl groups excluding tert-OH is 1. The Morgan fingerprint density at radius 3 is 2.29 bits per heavy atom. The van der Waals surface area contributed by atoms with Gasteiger partial charge in [-0.25, -0.2) is 0 Å². The van der Waals surface area contributed by atoms with Crippen molar-refractivity contribution in [2.75, 3.05) is 19.8 Å². The molecule has 2 nitrogen and oxygen atoms in total. The molecular weight excluding hydrogens is 259 g/mol. The van der Waals surface area contributed by atoms with Crippen molar-refractivity contribution < 1.29 is 9.84 Å². The van der Waals surface area contributed by atoms with Gasteiger partial charge in [0.25, 0.3) is 0 Å². The molecule has 0 bridgehead atoms. The van der Waals surface area contributed by atoms with E-state index in [1.165, 1.54) is 0 Å². The summed E-state index contributed by atoms with van der Waals surface area (Å²) in [5.74, 6) is 0. The van der Waals surface area contributed by atoms with Gasteiger partial charge in [-0.15, -0.1) is 0 Å². The summed E-state index contributed by atoms with van der Waals surface area (Å²) in [4.78, 5) is 0. The summed E-state index contributed by atoms with van der Waals surface area (Å²) in [5.41, 5.74) is 0.805. The largest absolute Gasteiger partial charge is 0.396 e. The molecular formula is C13H16Cl2O2. The van der Waals surface area contributed by atoms with Gasteiger partial charge >= 0.3 is 0 Å². The van der Waals surface area contributed by atoms with Gasteiger partial charge in [0.2, 0.25) is 0 Å². The first-order chi connectivity index (χ1) is 8.17. The van der Waals surface area contributed by atoms with Crippen LogP contribution in [-0.2, 0) is 11.2 Å². The third-order valence-corrected chi connectivity index (χ3v) is 4.21. The van der Waals surface area contributed by atoms with Crippen LogP contribution >= 0.6 is 23.2 Å². The molecule has 17 heavy (non-hydrogen) atoms. The van der Waals surface area contributed by atoms with Crippen LogP contribution in [0.5, 0.6) is 0 Å². The standard InChI is InChI=1S/C13H16Cl2O2/c14-11-2-1-3-12(15)10(11)8-13(9-16)4-6-17-7-5-13/h1-3,16H,4-9H2. The maximum atomic E-state index is 9.64. The van der Waals surface area contributed by atoms with Crippen LogP contribution in [0.4, 0.5) is 0 Å². The second-order valence-corrected chi connectivity index (χ2v) is 5.46. The summed E-state index contributed by atoms with van der Waals surface area (Å²) in [6.07, 6.45) is 2.42. The van der Waals surface area contributed by atoms with Crippen LogP contribution in [0.15, 0.2) is 18.2 Å². The summed E-state index contributed by atoms with van der Waals surface area (Å²) >= 11 is 12.3. The molecule has 1 fully saturated rings. The van der Waals surface area contributed by atoms with E-state index in [4.69, 9.17) is 27.9 Å². The Labute approximate surface area is 111 Å². The topological polar surface area (TPSA) is 29.5 Å². The minimum Gasteiger partial charge on any atom is -0.396 e. The Balaban J connectivity index is 2.23. The monoisotopic (exact) mass is 274 g/mol. The molecule has 1 saturated heterocycles. The van der Waals surface area contributed by atoms with E-state index in [9.17, 15) is 5.11 Å². The molecule has 1 aliphatic heterocycles.